The SMILES string of the molecule is Cc1cc(C(=O)N2CCCC(C)C2CN)on1. The van der Waals surface area contributed by atoms with Crippen molar-refractivity contribution in [1.82, 2.24) is 10.1 Å². The van der Waals surface area contributed by atoms with Crippen molar-refractivity contribution in [3.63, 3.8) is 0 Å². The molecule has 0 aromatic carbocycles. The van der Waals surface area contributed by atoms with Crippen molar-refractivity contribution in [1.29, 1.82) is 0 Å². The molecule has 1 aromatic rings. The van der Waals surface area contributed by atoms with Crippen molar-refractivity contribution in [2.24, 2.45) is 11.7 Å². The van der Waals surface area contributed by atoms with Gasteiger partial charge in [-0.2, -0.15) is 0 Å². The van der Waals surface area contributed by atoms with Crippen molar-refractivity contribution in [3.05, 3.63) is 17.5 Å². The molecule has 0 spiro atoms. The zero-order valence-electron chi connectivity index (χ0n) is 10.3. The van der Waals surface area contributed by atoms with E-state index in [-0.39, 0.29) is 11.9 Å². The monoisotopic (exact) mass is 237 g/mol. The summed E-state index contributed by atoms with van der Waals surface area (Å²) >= 11 is 0. The average molecular weight is 237 g/mol. The van der Waals surface area contributed by atoms with Gasteiger partial charge in [-0.05, 0) is 25.7 Å². The van der Waals surface area contributed by atoms with Crippen LogP contribution in [0, 0.1) is 12.8 Å². The second kappa shape index (κ2) is 4.87. The van der Waals surface area contributed by atoms with Crippen molar-refractivity contribution >= 4 is 5.91 Å². The van der Waals surface area contributed by atoms with Gasteiger partial charge < -0.3 is 15.2 Å². The van der Waals surface area contributed by atoms with Crippen molar-refractivity contribution in [3.8, 4) is 0 Å². The van der Waals surface area contributed by atoms with Crippen LogP contribution >= 0.6 is 0 Å². The standard InChI is InChI=1S/C12H19N3O2/c1-8-4-3-5-15(10(8)7-13)12(16)11-6-9(2)14-17-11/h6,8,10H,3-5,7,13H2,1-2H3. The van der Waals surface area contributed by atoms with Crippen molar-refractivity contribution in [2.75, 3.05) is 13.1 Å². The lowest BCUT2D eigenvalue weighted by atomic mass is 9.90. The zero-order chi connectivity index (χ0) is 12.4. The Morgan fingerprint density at radius 1 is 1.71 bits per heavy atom. The van der Waals surface area contributed by atoms with E-state index in [0.29, 0.717) is 18.2 Å². The number of hydrogen-bond acceptors (Lipinski definition) is 4. The van der Waals surface area contributed by atoms with Gasteiger partial charge in [-0.3, -0.25) is 4.79 Å². The Balaban J connectivity index is 2.17. The average Bonchev–Trinajstić information content (AvgIpc) is 2.74. The number of aryl methyl sites for hydroxylation is 1. The highest BCUT2D eigenvalue weighted by Gasteiger charge is 2.32. The van der Waals surface area contributed by atoms with Gasteiger partial charge in [-0.1, -0.05) is 12.1 Å². The number of amides is 1. The maximum atomic E-state index is 12.3. The summed E-state index contributed by atoms with van der Waals surface area (Å²) in [7, 11) is 0. The third kappa shape index (κ3) is 2.34. The molecule has 2 atom stereocenters. The number of nitrogens with zero attached hydrogens (tertiary/aromatic N) is 2. The van der Waals surface area contributed by atoms with E-state index < -0.39 is 0 Å². The summed E-state index contributed by atoms with van der Waals surface area (Å²) in [6.07, 6.45) is 2.15. The summed E-state index contributed by atoms with van der Waals surface area (Å²) in [4.78, 5) is 14.1. The highest BCUT2D eigenvalue weighted by molar-refractivity contribution is 5.91. The van der Waals surface area contributed by atoms with Crippen LogP contribution in [0.25, 0.3) is 0 Å². The Labute approximate surface area is 101 Å². The van der Waals surface area contributed by atoms with Crippen LogP contribution in [0.4, 0.5) is 0 Å². The molecule has 1 amide bonds. The van der Waals surface area contributed by atoms with Gasteiger partial charge in [0.1, 0.15) is 0 Å². The van der Waals surface area contributed by atoms with Gasteiger partial charge in [0.15, 0.2) is 0 Å². The second-order valence-electron chi connectivity index (χ2n) is 4.75. The third-order valence-corrected chi connectivity index (χ3v) is 3.46. The molecule has 0 radical (unpaired) electrons. The molecule has 5 nitrogen and oxygen atoms in total. The molecule has 0 saturated carbocycles. The lowest BCUT2D eigenvalue weighted by Crippen LogP contribution is -2.51. The van der Waals surface area contributed by atoms with E-state index in [1.165, 1.54) is 0 Å². The molecular formula is C12H19N3O2. The summed E-state index contributed by atoms with van der Waals surface area (Å²) in [6, 6.07) is 1.79. The summed E-state index contributed by atoms with van der Waals surface area (Å²) in [5.41, 5.74) is 6.49. The zero-order valence-corrected chi connectivity index (χ0v) is 10.3. The summed E-state index contributed by atoms with van der Waals surface area (Å²) in [5, 5.41) is 3.75. The van der Waals surface area contributed by atoms with Crippen LogP contribution in [0.2, 0.25) is 0 Å². The molecule has 1 fully saturated rings. The van der Waals surface area contributed by atoms with Gasteiger partial charge in [0.05, 0.1) is 5.69 Å². The highest BCUT2D eigenvalue weighted by atomic mass is 16.5. The molecule has 2 unspecified atom stereocenters. The number of likely N-dealkylation sites (tertiary alicyclic amines) is 1. The fraction of sp³-hybridized carbons (Fsp3) is 0.667. The molecule has 17 heavy (non-hydrogen) atoms. The minimum atomic E-state index is -0.0902. The number of rotatable bonds is 2. The van der Waals surface area contributed by atoms with Crippen LogP contribution in [-0.2, 0) is 0 Å². The first kappa shape index (κ1) is 12.1. The van der Waals surface area contributed by atoms with Crippen LogP contribution in [-0.4, -0.2) is 35.1 Å². The summed E-state index contributed by atoms with van der Waals surface area (Å²) in [5.74, 6) is 0.671. The fourth-order valence-corrected chi connectivity index (χ4v) is 2.47. The molecule has 2 N–H and O–H groups in total. The van der Waals surface area contributed by atoms with Crippen LogP contribution in [0.3, 0.4) is 0 Å². The van der Waals surface area contributed by atoms with Gasteiger partial charge >= 0.3 is 0 Å². The molecule has 0 bridgehead atoms. The molecule has 1 aliphatic rings. The molecule has 2 heterocycles. The van der Waals surface area contributed by atoms with Crippen LogP contribution in [0.1, 0.15) is 36.0 Å². The van der Waals surface area contributed by atoms with Crippen LogP contribution in [0.5, 0.6) is 0 Å². The van der Waals surface area contributed by atoms with E-state index in [1.54, 1.807) is 13.0 Å². The Hall–Kier alpha value is -1.36. The number of carbonyl (C=O) groups excluding carboxylic acids is 1. The Kier molecular flexibility index (Phi) is 3.47. The maximum Gasteiger partial charge on any atom is 0.292 e. The van der Waals surface area contributed by atoms with Gasteiger partial charge in [-0.15, -0.1) is 0 Å². The molecular weight excluding hydrogens is 218 g/mol. The third-order valence-electron chi connectivity index (χ3n) is 3.46. The largest absolute Gasteiger partial charge is 0.351 e. The molecule has 1 aromatic heterocycles. The Morgan fingerprint density at radius 2 is 2.47 bits per heavy atom. The quantitative estimate of drug-likeness (QED) is 0.838. The number of carbonyl (C=O) groups is 1. The van der Waals surface area contributed by atoms with E-state index in [2.05, 4.69) is 12.1 Å². The van der Waals surface area contributed by atoms with Crippen molar-refractivity contribution in [2.45, 2.75) is 32.7 Å². The van der Waals surface area contributed by atoms with E-state index in [9.17, 15) is 4.79 Å². The molecule has 5 heteroatoms. The summed E-state index contributed by atoms with van der Waals surface area (Å²) < 4.78 is 5.03. The van der Waals surface area contributed by atoms with Gasteiger partial charge in [0, 0.05) is 25.2 Å². The molecule has 94 valence electrons. The first-order valence-corrected chi connectivity index (χ1v) is 6.08. The predicted molar refractivity (Wildman–Crippen MR) is 63.5 cm³/mol. The lowest BCUT2D eigenvalue weighted by Gasteiger charge is -2.38. The van der Waals surface area contributed by atoms with E-state index in [1.807, 2.05) is 4.90 Å². The molecule has 1 aliphatic heterocycles. The summed E-state index contributed by atoms with van der Waals surface area (Å²) in [6.45, 7) is 5.20. The predicted octanol–water partition coefficient (Wildman–Crippen LogP) is 1.18. The highest BCUT2D eigenvalue weighted by Crippen LogP contribution is 2.24. The topological polar surface area (TPSA) is 72.4 Å². The first-order valence-electron chi connectivity index (χ1n) is 6.08. The van der Waals surface area contributed by atoms with Gasteiger partial charge in [0.2, 0.25) is 5.76 Å². The van der Waals surface area contributed by atoms with Gasteiger partial charge in [-0.25, -0.2) is 0 Å². The number of nitrogens with two attached hydrogens (primary N) is 1. The Bertz CT molecular complexity index is 402. The van der Waals surface area contributed by atoms with Crippen LogP contribution < -0.4 is 5.73 Å². The smallest absolute Gasteiger partial charge is 0.292 e. The number of aromatic nitrogens is 1. The fourth-order valence-electron chi connectivity index (χ4n) is 2.47. The maximum absolute atomic E-state index is 12.3. The second-order valence-corrected chi connectivity index (χ2v) is 4.75. The minimum absolute atomic E-state index is 0.0902. The van der Waals surface area contributed by atoms with Gasteiger partial charge in [0.25, 0.3) is 5.91 Å². The molecule has 0 aliphatic carbocycles. The van der Waals surface area contributed by atoms with Crippen molar-refractivity contribution < 1.29 is 9.32 Å². The first-order chi connectivity index (χ1) is 8.13. The molecule has 2 rings (SSSR count). The lowest BCUT2D eigenvalue weighted by molar-refractivity contribution is 0.0492. The number of hydrogen-bond donors (Lipinski definition) is 1. The van der Waals surface area contributed by atoms with Crippen LogP contribution in [0.15, 0.2) is 10.6 Å². The van der Waals surface area contributed by atoms with E-state index in [0.717, 1.165) is 25.1 Å². The minimum Gasteiger partial charge on any atom is -0.351 e. The van der Waals surface area contributed by atoms with E-state index >= 15 is 0 Å². The Morgan fingerprint density at radius 3 is 3.06 bits per heavy atom. The normalized spacial score (nSPS) is 25.0. The van der Waals surface area contributed by atoms with E-state index in [4.69, 9.17) is 10.3 Å². The number of piperidine rings is 1. The molecule has 1 saturated heterocycles.